The minimum absolute atomic E-state index is 0.0751. The third kappa shape index (κ3) is 5.82. The van der Waals surface area contributed by atoms with Crippen molar-refractivity contribution in [2.45, 2.75) is 30.7 Å². The van der Waals surface area contributed by atoms with Crippen LogP contribution in [-0.2, 0) is 20.1 Å². The van der Waals surface area contributed by atoms with Gasteiger partial charge in [0.1, 0.15) is 5.58 Å². The number of amides is 2. The predicted molar refractivity (Wildman–Crippen MR) is 131 cm³/mol. The number of fused-ring (bicyclic) bond motifs is 1. The van der Waals surface area contributed by atoms with E-state index >= 15 is 0 Å². The number of rotatable bonds is 8. The highest BCUT2D eigenvalue weighted by Gasteiger charge is 2.30. The Bertz CT molecular complexity index is 1190. The Morgan fingerprint density at radius 3 is 2.57 bits per heavy atom. The number of hydrogen-bond acceptors (Lipinski definition) is 8. The summed E-state index contributed by atoms with van der Waals surface area (Å²) in [4.78, 5) is 49.7. The molecule has 1 fully saturated rings. The smallest absolute Gasteiger partial charge is 0.309 e. The number of piperidine rings is 1. The van der Waals surface area contributed by atoms with Crippen LogP contribution in [-0.4, -0.2) is 70.8 Å². The maximum Gasteiger partial charge on any atom is 0.309 e. The summed E-state index contributed by atoms with van der Waals surface area (Å²) in [5.74, 6) is -0.240. The second-order valence-electron chi connectivity index (χ2n) is 8.29. The maximum atomic E-state index is 13.3. The molecule has 2 amide bonds. The van der Waals surface area contributed by atoms with Gasteiger partial charge < -0.3 is 19.0 Å². The van der Waals surface area contributed by atoms with E-state index in [1.165, 1.54) is 16.7 Å². The molecule has 0 spiro atoms. The van der Waals surface area contributed by atoms with Gasteiger partial charge in [0.15, 0.2) is 10.9 Å². The number of aromatic nitrogens is 2. The molecule has 1 aliphatic rings. The van der Waals surface area contributed by atoms with E-state index < -0.39 is 0 Å². The van der Waals surface area contributed by atoms with Gasteiger partial charge in [-0.1, -0.05) is 30.0 Å². The van der Waals surface area contributed by atoms with E-state index in [4.69, 9.17) is 9.15 Å². The Labute approximate surface area is 207 Å². The first kappa shape index (κ1) is 24.7. The Balaban J connectivity index is 1.43. The van der Waals surface area contributed by atoms with Crippen molar-refractivity contribution < 1.29 is 23.5 Å². The van der Waals surface area contributed by atoms with Gasteiger partial charge in [0.25, 0.3) is 5.91 Å². The normalized spacial score (nSPS) is 14.2. The lowest BCUT2D eigenvalue weighted by Gasteiger charge is -2.32. The number of hydrogen-bond donors (Lipinski definition) is 0. The molecule has 3 heterocycles. The standard InChI is InChI=1S/C25H28N4O5S/c1-3-33-24(32)17-9-13-29(14-10-17)21(30)15-28(2)23(31)22-19(16-35-25-26-11-6-12-27-25)18-7-4-5-8-20(18)34-22/h4-8,11-12,17H,3,9-10,13-16H2,1-2H3. The van der Waals surface area contributed by atoms with Crippen molar-refractivity contribution in [3.63, 3.8) is 0 Å². The van der Waals surface area contributed by atoms with Gasteiger partial charge in [0.2, 0.25) is 5.91 Å². The van der Waals surface area contributed by atoms with E-state index in [0.29, 0.717) is 49.0 Å². The molecule has 9 nitrogen and oxygen atoms in total. The minimum atomic E-state index is -0.361. The summed E-state index contributed by atoms with van der Waals surface area (Å²) >= 11 is 1.41. The van der Waals surface area contributed by atoms with Crippen LogP contribution in [0.5, 0.6) is 0 Å². The first-order valence-corrected chi connectivity index (χ1v) is 12.6. The number of thioether (sulfide) groups is 1. The van der Waals surface area contributed by atoms with Crippen molar-refractivity contribution in [1.29, 1.82) is 0 Å². The zero-order chi connectivity index (χ0) is 24.8. The van der Waals surface area contributed by atoms with Gasteiger partial charge in [-0.2, -0.15) is 0 Å². The fourth-order valence-electron chi connectivity index (χ4n) is 4.08. The van der Waals surface area contributed by atoms with Crippen molar-refractivity contribution in [3.8, 4) is 0 Å². The number of likely N-dealkylation sites (N-methyl/N-ethyl adjacent to an activating group) is 1. The van der Waals surface area contributed by atoms with E-state index in [1.54, 1.807) is 37.3 Å². The SMILES string of the molecule is CCOC(=O)C1CCN(C(=O)CN(C)C(=O)c2oc3ccccc3c2CSc2ncccn2)CC1. The lowest BCUT2D eigenvalue weighted by Crippen LogP contribution is -2.45. The quantitative estimate of drug-likeness (QED) is 0.265. The van der Waals surface area contributed by atoms with Crippen LogP contribution in [0.25, 0.3) is 11.0 Å². The third-order valence-electron chi connectivity index (χ3n) is 5.97. The van der Waals surface area contributed by atoms with Crippen LogP contribution in [0.4, 0.5) is 0 Å². The summed E-state index contributed by atoms with van der Waals surface area (Å²) in [6.45, 7) is 2.99. The van der Waals surface area contributed by atoms with Crippen molar-refractivity contribution in [2.75, 3.05) is 33.3 Å². The molecule has 1 saturated heterocycles. The van der Waals surface area contributed by atoms with Gasteiger partial charge in [-0.3, -0.25) is 14.4 Å². The number of carbonyl (C=O) groups is 3. The molecule has 0 aliphatic carbocycles. The first-order valence-electron chi connectivity index (χ1n) is 11.6. The zero-order valence-electron chi connectivity index (χ0n) is 19.8. The van der Waals surface area contributed by atoms with Crippen LogP contribution in [0.15, 0.2) is 52.3 Å². The van der Waals surface area contributed by atoms with Crippen molar-refractivity contribution >= 4 is 40.5 Å². The molecular formula is C25H28N4O5S. The zero-order valence-corrected chi connectivity index (χ0v) is 20.6. The number of benzene rings is 1. The number of nitrogens with zero attached hydrogens (tertiary/aromatic N) is 4. The number of ether oxygens (including phenoxy) is 1. The molecule has 0 bridgehead atoms. The van der Waals surface area contributed by atoms with Crippen LogP contribution >= 0.6 is 11.8 Å². The lowest BCUT2D eigenvalue weighted by molar-refractivity contribution is -0.151. The van der Waals surface area contributed by atoms with Crippen molar-refractivity contribution in [2.24, 2.45) is 5.92 Å². The fraction of sp³-hybridized carbons (Fsp3) is 0.400. The molecule has 10 heteroatoms. The summed E-state index contributed by atoms with van der Waals surface area (Å²) in [6.07, 6.45) is 4.47. The molecule has 0 N–H and O–H groups in total. The van der Waals surface area contributed by atoms with Gasteiger partial charge in [-0.05, 0) is 31.9 Å². The summed E-state index contributed by atoms with van der Waals surface area (Å²) in [5.41, 5.74) is 1.36. The van der Waals surface area contributed by atoms with E-state index in [2.05, 4.69) is 9.97 Å². The molecule has 0 radical (unpaired) electrons. The largest absolute Gasteiger partial charge is 0.466 e. The molecule has 0 unspecified atom stereocenters. The molecule has 35 heavy (non-hydrogen) atoms. The van der Waals surface area contributed by atoms with Gasteiger partial charge >= 0.3 is 5.97 Å². The molecular weight excluding hydrogens is 468 g/mol. The predicted octanol–water partition coefficient (Wildman–Crippen LogP) is 3.39. The summed E-state index contributed by atoms with van der Waals surface area (Å²) in [7, 11) is 1.59. The Hall–Kier alpha value is -3.40. The number of likely N-dealkylation sites (tertiary alicyclic amines) is 1. The van der Waals surface area contributed by atoms with Crippen LogP contribution in [0.2, 0.25) is 0 Å². The second-order valence-corrected chi connectivity index (χ2v) is 9.24. The van der Waals surface area contributed by atoms with E-state index in [0.717, 1.165) is 10.9 Å². The molecule has 0 atom stereocenters. The van der Waals surface area contributed by atoms with Gasteiger partial charge in [-0.25, -0.2) is 9.97 Å². The van der Waals surface area contributed by atoms with Crippen LogP contribution in [0, 0.1) is 5.92 Å². The van der Waals surface area contributed by atoms with Crippen LogP contribution in [0.1, 0.15) is 35.9 Å². The Morgan fingerprint density at radius 1 is 1.14 bits per heavy atom. The molecule has 1 aromatic carbocycles. The second kappa shape index (κ2) is 11.4. The molecule has 0 saturated carbocycles. The maximum absolute atomic E-state index is 13.3. The highest BCUT2D eigenvalue weighted by Crippen LogP contribution is 2.31. The summed E-state index contributed by atoms with van der Waals surface area (Å²) in [5, 5.41) is 1.45. The average molecular weight is 497 g/mol. The van der Waals surface area contributed by atoms with Crippen molar-refractivity contribution in [1.82, 2.24) is 19.8 Å². The van der Waals surface area contributed by atoms with E-state index in [1.807, 2.05) is 24.3 Å². The minimum Gasteiger partial charge on any atom is -0.466 e. The number of furan rings is 1. The molecule has 4 rings (SSSR count). The third-order valence-corrected chi connectivity index (χ3v) is 6.87. The topological polar surface area (TPSA) is 106 Å². The number of para-hydroxylation sites is 1. The monoisotopic (exact) mass is 496 g/mol. The first-order chi connectivity index (χ1) is 17.0. The highest BCUT2D eigenvalue weighted by molar-refractivity contribution is 7.98. The Morgan fingerprint density at radius 2 is 1.86 bits per heavy atom. The molecule has 1 aliphatic heterocycles. The highest BCUT2D eigenvalue weighted by atomic mass is 32.2. The van der Waals surface area contributed by atoms with Gasteiger partial charge in [0, 0.05) is 49.2 Å². The van der Waals surface area contributed by atoms with E-state index in [9.17, 15) is 14.4 Å². The fourth-order valence-corrected chi connectivity index (χ4v) is 4.92. The molecule has 3 aromatic rings. The number of esters is 1. The summed E-state index contributed by atoms with van der Waals surface area (Å²) < 4.78 is 11.0. The Kier molecular flexibility index (Phi) is 8.02. The lowest BCUT2D eigenvalue weighted by atomic mass is 9.97. The van der Waals surface area contributed by atoms with Crippen LogP contribution < -0.4 is 0 Å². The average Bonchev–Trinajstić information content (AvgIpc) is 3.26. The van der Waals surface area contributed by atoms with Gasteiger partial charge in [0.05, 0.1) is 19.1 Å². The molecule has 184 valence electrons. The van der Waals surface area contributed by atoms with Crippen LogP contribution in [0.3, 0.4) is 0 Å². The summed E-state index contributed by atoms with van der Waals surface area (Å²) in [6, 6.07) is 9.23. The van der Waals surface area contributed by atoms with E-state index in [-0.39, 0.29) is 36.0 Å². The van der Waals surface area contributed by atoms with Gasteiger partial charge in [-0.15, -0.1) is 0 Å². The molecule has 2 aromatic heterocycles. The number of carbonyl (C=O) groups excluding carboxylic acids is 3. The van der Waals surface area contributed by atoms with Crippen molar-refractivity contribution in [3.05, 3.63) is 54.0 Å².